The first kappa shape index (κ1) is 24.5. The van der Waals surface area contributed by atoms with Gasteiger partial charge in [0.05, 0.1) is 24.5 Å². The molecule has 3 aromatic carbocycles. The van der Waals surface area contributed by atoms with Gasteiger partial charge in [0.1, 0.15) is 0 Å². The van der Waals surface area contributed by atoms with Crippen molar-refractivity contribution in [3.63, 3.8) is 0 Å². The molecule has 3 aromatic rings. The highest BCUT2D eigenvalue weighted by atomic mass is 32.2. The van der Waals surface area contributed by atoms with E-state index < -0.39 is 10.0 Å². The van der Waals surface area contributed by atoms with E-state index >= 15 is 0 Å². The maximum Gasteiger partial charge on any atom is 0.251 e. The molecule has 0 aliphatic rings. The van der Waals surface area contributed by atoms with E-state index in [4.69, 9.17) is 0 Å². The molecule has 1 atom stereocenters. The van der Waals surface area contributed by atoms with Gasteiger partial charge in [-0.3, -0.25) is 9.10 Å². The van der Waals surface area contributed by atoms with E-state index in [1.54, 1.807) is 24.3 Å². The topological polar surface area (TPSA) is 66.5 Å². The van der Waals surface area contributed by atoms with Crippen LogP contribution in [0.2, 0.25) is 0 Å². The molecular weight excluding hydrogens is 432 g/mol. The number of nitrogens with one attached hydrogen (secondary N) is 1. The first-order valence-corrected chi connectivity index (χ1v) is 12.8. The van der Waals surface area contributed by atoms with Crippen molar-refractivity contribution in [2.45, 2.75) is 47.2 Å². The van der Waals surface area contributed by atoms with Crippen molar-refractivity contribution in [2.24, 2.45) is 0 Å². The van der Waals surface area contributed by atoms with Gasteiger partial charge in [-0.2, -0.15) is 0 Å². The minimum absolute atomic E-state index is 0.124. The molecule has 0 bridgehead atoms. The lowest BCUT2D eigenvalue weighted by molar-refractivity contribution is 0.0940. The summed E-state index contributed by atoms with van der Waals surface area (Å²) in [5, 5.41) is 3.04. The maximum atomic E-state index is 12.8. The van der Waals surface area contributed by atoms with Crippen molar-refractivity contribution in [3.8, 4) is 0 Å². The fraction of sp³-hybridized carbons (Fsp3) is 0.296. The van der Waals surface area contributed by atoms with E-state index in [-0.39, 0.29) is 18.5 Å². The van der Waals surface area contributed by atoms with E-state index in [9.17, 15) is 13.2 Å². The fourth-order valence-electron chi connectivity index (χ4n) is 3.69. The van der Waals surface area contributed by atoms with Gasteiger partial charge >= 0.3 is 0 Å². The number of carbonyl (C=O) groups is 1. The Kier molecular flexibility index (Phi) is 7.28. The number of anilines is 1. The monoisotopic (exact) mass is 464 g/mol. The minimum Gasteiger partial charge on any atom is -0.346 e. The average Bonchev–Trinajstić information content (AvgIpc) is 2.75. The highest BCUT2D eigenvalue weighted by Crippen LogP contribution is 2.26. The third kappa shape index (κ3) is 6.02. The van der Waals surface area contributed by atoms with Gasteiger partial charge in [-0.15, -0.1) is 0 Å². The molecule has 1 N–H and O–H groups in total. The number of sulfonamides is 1. The van der Waals surface area contributed by atoms with E-state index in [2.05, 4.69) is 31.3 Å². The van der Waals surface area contributed by atoms with Crippen LogP contribution in [0, 0.1) is 27.7 Å². The molecule has 0 unspecified atom stereocenters. The maximum absolute atomic E-state index is 12.8. The molecule has 0 aliphatic heterocycles. The molecule has 0 saturated heterocycles. The van der Waals surface area contributed by atoms with Gasteiger partial charge in [0.25, 0.3) is 5.91 Å². The standard InChI is InChI=1S/C27H32N2O3S/c1-18-7-8-20(3)26(15-18)29(33(6,31)32)17-23-10-13-24(14-11-23)27(30)28-22(5)25-12-9-19(2)21(4)16-25/h7-16,22H,17H2,1-6H3,(H,28,30)/t22-/m1/s1. The number of amides is 1. The van der Waals surface area contributed by atoms with Crippen molar-refractivity contribution in [2.75, 3.05) is 10.6 Å². The molecular formula is C27H32N2O3S. The Morgan fingerprint density at radius 1 is 0.879 bits per heavy atom. The molecule has 33 heavy (non-hydrogen) atoms. The number of hydrogen-bond donors (Lipinski definition) is 1. The van der Waals surface area contributed by atoms with Crippen LogP contribution in [-0.2, 0) is 16.6 Å². The summed E-state index contributed by atoms with van der Waals surface area (Å²) in [5.41, 5.74) is 7.36. The second-order valence-electron chi connectivity index (χ2n) is 8.80. The lowest BCUT2D eigenvalue weighted by atomic mass is 10.0. The Morgan fingerprint density at radius 3 is 2.12 bits per heavy atom. The predicted octanol–water partition coefficient (Wildman–Crippen LogP) is 5.38. The van der Waals surface area contributed by atoms with E-state index in [0.29, 0.717) is 11.3 Å². The smallest absolute Gasteiger partial charge is 0.251 e. The first-order chi connectivity index (χ1) is 15.5. The van der Waals surface area contributed by atoms with E-state index in [1.165, 1.54) is 21.7 Å². The van der Waals surface area contributed by atoms with E-state index in [0.717, 1.165) is 22.3 Å². The number of carbonyl (C=O) groups excluding carboxylic acids is 1. The lowest BCUT2D eigenvalue weighted by Gasteiger charge is -2.25. The number of aryl methyl sites for hydroxylation is 4. The van der Waals surface area contributed by atoms with Crippen LogP contribution in [0.4, 0.5) is 5.69 Å². The van der Waals surface area contributed by atoms with Crippen LogP contribution >= 0.6 is 0 Å². The van der Waals surface area contributed by atoms with Crippen molar-refractivity contribution in [1.82, 2.24) is 5.32 Å². The van der Waals surface area contributed by atoms with Crippen molar-refractivity contribution < 1.29 is 13.2 Å². The van der Waals surface area contributed by atoms with Gasteiger partial charge in [-0.1, -0.05) is 42.5 Å². The molecule has 174 valence electrons. The summed E-state index contributed by atoms with van der Waals surface area (Å²) in [6.07, 6.45) is 1.21. The molecule has 0 saturated carbocycles. The average molecular weight is 465 g/mol. The lowest BCUT2D eigenvalue weighted by Crippen LogP contribution is -2.30. The zero-order valence-corrected chi connectivity index (χ0v) is 21.0. The van der Waals surface area contributed by atoms with Crippen LogP contribution in [-0.4, -0.2) is 20.6 Å². The third-order valence-electron chi connectivity index (χ3n) is 5.95. The Hall–Kier alpha value is -3.12. The van der Waals surface area contributed by atoms with Crippen LogP contribution < -0.4 is 9.62 Å². The zero-order valence-electron chi connectivity index (χ0n) is 20.1. The van der Waals surface area contributed by atoms with Crippen LogP contribution in [0.5, 0.6) is 0 Å². The largest absolute Gasteiger partial charge is 0.346 e. The van der Waals surface area contributed by atoms with Crippen LogP contribution in [0.1, 0.15) is 56.7 Å². The summed E-state index contributed by atoms with van der Waals surface area (Å²) in [6.45, 7) is 10.1. The highest BCUT2D eigenvalue weighted by Gasteiger charge is 2.20. The summed E-state index contributed by atoms with van der Waals surface area (Å²) in [6, 6.07) is 18.9. The van der Waals surface area contributed by atoms with Gasteiger partial charge in [0.15, 0.2) is 0 Å². The van der Waals surface area contributed by atoms with Gasteiger partial charge in [-0.25, -0.2) is 8.42 Å². The molecule has 5 nitrogen and oxygen atoms in total. The Balaban J connectivity index is 1.76. The highest BCUT2D eigenvalue weighted by molar-refractivity contribution is 7.92. The second-order valence-corrected chi connectivity index (χ2v) is 10.7. The summed E-state index contributed by atoms with van der Waals surface area (Å²) in [7, 11) is -3.48. The summed E-state index contributed by atoms with van der Waals surface area (Å²) in [4.78, 5) is 12.8. The SMILES string of the molecule is Cc1ccc(C)c(N(Cc2ccc(C(=O)N[C@H](C)c3ccc(C)c(C)c3)cc2)S(C)(=O)=O)c1. The molecule has 0 aliphatic carbocycles. The second kappa shape index (κ2) is 9.79. The Morgan fingerprint density at radius 2 is 1.52 bits per heavy atom. The normalized spacial score (nSPS) is 12.3. The number of hydrogen-bond acceptors (Lipinski definition) is 3. The Labute approximate surface area is 197 Å². The fourth-order valence-corrected chi connectivity index (χ4v) is 4.63. The quantitative estimate of drug-likeness (QED) is 0.511. The molecule has 0 fully saturated rings. The van der Waals surface area contributed by atoms with Crippen LogP contribution in [0.15, 0.2) is 60.7 Å². The number of benzene rings is 3. The first-order valence-electron chi connectivity index (χ1n) is 11.0. The molecule has 3 rings (SSSR count). The number of rotatable bonds is 7. The molecule has 1 amide bonds. The van der Waals surface area contributed by atoms with Gasteiger partial charge in [0.2, 0.25) is 10.0 Å². The van der Waals surface area contributed by atoms with Crippen molar-refractivity contribution in [3.05, 3.63) is 99.6 Å². The van der Waals surface area contributed by atoms with Gasteiger partial charge in [0, 0.05) is 5.56 Å². The Bertz CT molecular complexity index is 1270. The third-order valence-corrected chi connectivity index (χ3v) is 7.08. The minimum atomic E-state index is -3.48. The molecule has 6 heteroatoms. The molecule has 0 aromatic heterocycles. The van der Waals surface area contributed by atoms with Gasteiger partial charge in [-0.05, 0) is 86.2 Å². The van der Waals surface area contributed by atoms with Crippen LogP contribution in [0.25, 0.3) is 0 Å². The molecule has 0 radical (unpaired) electrons. The van der Waals surface area contributed by atoms with Gasteiger partial charge < -0.3 is 5.32 Å². The summed E-state index contributed by atoms with van der Waals surface area (Å²) in [5.74, 6) is -0.165. The predicted molar refractivity (Wildman–Crippen MR) is 135 cm³/mol. The molecule has 0 heterocycles. The molecule has 0 spiro atoms. The van der Waals surface area contributed by atoms with Crippen LogP contribution in [0.3, 0.4) is 0 Å². The zero-order chi connectivity index (χ0) is 24.3. The van der Waals surface area contributed by atoms with E-state index in [1.807, 2.05) is 45.0 Å². The summed E-state index contributed by atoms with van der Waals surface area (Å²) >= 11 is 0. The summed E-state index contributed by atoms with van der Waals surface area (Å²) < 4.78 is 26.5. The van der Waals surface area contributed by atoms with Crippen molar-refractivity contribution in [1.29, 1.82) is 0 Å². The number of nitrogens with zero attached hydrogens (tertiary/aromatic N) is 1. The van der Waals surface area contributed by atoms with Crippen molar-refractivity contribution >= 4 is 21.6 Å².